The molecule has 0 bridgehead atoms. The summed E-state index contributed by atoms with van der Waals surface area (Å²) in [6, 6.07) is 15.7. The van der Waals surface area contributed by atoms with Gasteiger partial charge in [-0.25, -0.2) is 0 Å². The lowest BCUT2D eigenvalue weighted by Gasteiger charge is -2.13. The molecule has 4 nitrogen and oxygen atoms in total. The molecule has 110 valence electrons. The average molecular weight is 292 g/mol. The Balaban J connectivity index is 2.09. The number of nitrogens with zero attached hydrogens (tertiary/aromatic N) is 3. The molecule has 1 aromatic heterocycles. The van der Waals surface area contributed by atoms with Gasteiger partial charge in [0, 0.05) is 37.1 Å². The number of anilines is 1. The van der Waals surface area contributed by atoms with Gasteiger partial charge in [-0.1, -0.05) is 6.07 Å². The van der Waals surface area contributed by atoms with Gasteiger partial charge in [0.05, 0.1) is 7.11 Å². The van der Waals surface area contributed by atoms with Crippen LogP contribution in [0.15, 0.2) is 73.2 Å². The van der Waals surface area contributed by atoms with E-state index >= 15 is 0 Å². The van der Waals surface area contributed by atoms with Crippen molar-refractivity contribution in [2.75, 3.05) is 19.1 Å². The molecule has 0 atom stereocenters. The number of hydrogen-bond acceptors (Lipinski definition) is 3. The van der Waals surface area contributed by atoms with Gasteiger partial charge >= 0.3 is 0 Å². The minimum atomic E-state index is 0.556. The lowest BCUT2D eigenvalue weighted by molar-refractivity contribution is -0.577. The summed E-state index contributed by atoms with van der Waals surface area (Å²) in [6.45, 7) is 0. The van der Waals surface area contributed by atoms with Crippen LogP contribution >= 0.6 is 0 Å². The second-order valence-electron chi connectivity index (χ2n) is 4.60. The van der Waals surface area contributed by atoms with E-state index in [0.29, 0.717) is 5.70 Å². The fraction of sp³-hybridized carbons (Fsp3) is 0.111. The highest BCUT2D eigenvalue weighted by atomic mass is 16.5. The molecule has 0 saturated carbocycles. The molecule has 1 aromatic carbocycles. The Labute approximate surface area is 130 Å². The number of pyridine rings is 1. The van der Waals surface area contributed by atoms with Gasteiger partial charge in [-0.2, -0.15) is 9.83 Å². The van der Waals surface area contributed by atoms with Gasteiger partial charge in [0.15, 0.2) is 18.5 Å². The van der Waals surface area contributed by atoms with Crippen molar-refractivity contribution in [1.82, 2.24) is 0 Å². The van der Waals surface area contributed by atoms with Crippen molar-refractivity contribution in [3.8, 4) is 11.8 Å². The molecule has 0 fully saturated rings. The molecule has 0 aliphatic heterocycles. The van der Waals surface area contributed by atoms with Crippen LogP contribution in [0.1, 0.15) is 0 Å². The maximum Gasteiger partial charge on any atom is 0.288 e. The second kappa shape index (κ2) is 7.65. The highest BCUT2D eigenvalue weighted by molar-refractivity contribution is 5.54. The van der Waals surface area contributed by atoms with Crippen LogP contribution < -0.4 is 14.2 Å². The maximum atomic E-state index is 9.22. The molecule has 0 aliphatic rings. The molecular formula is C18H18N3O+. The average Bonchev–Trinajstić information content (AvgIpc) is 2.59. The van der Waals surface area contributed by atoms with Crippen LogP contribution in [-0.4, -0.2) is 14.2 Å². The number of hydrogen-bond donors (Lipinski definition) is 0. The number of rotatable bonds is 5. The quantitative estimate of drug-likeness (QED) is 0.483. The number of ether oxygens (including phenoxy) is 1. The molecular weight excluding hydrogens is 274 g/mol. The van der Waals surface area contributed by atoms with Gasteiger partial charge in [0.25, 0.3) is 5.70 Å². The predicted octanol–water partition coefficient (Wildman–Crippen LogP) is 3.00. The number of nitriles is 1. The molecule has 22 heavy (non-hydrogen) atoms. The van der Waals surface area contributed by atoms with Crippen molar-refractivity contribution in [1.29, 1.82) is 5.26 Å². The number of allylic oxidation sites excluding steroid dienone is 3. The van der Waals surface area contributed by atoms with Crippen LogP contribution in [0.4, 0.5) is 5.69 Å². The van der Waals surface area contributed by atoms with Gasteiger partial charge in [-0.05, 0) is 30.3 Å². The first kappa shape index (κ1) is 15.3. The first-order valence-corrected chi connectivity index (χ1v) is 6.87. The monoisotopic (exact) mass is 292 g/mol. The van der Waals surface area contributed by atoms with Crippen molar-refractivity contribution in [2.45, 2.75) is 0 Å². The fourth-order valence-corrected chi connectivity index (χ4v) is 1.91. The largest absolute Gasteiger partial charge is 0.497 e. The third-order valence-corrected chi connectivity index (χ3v) is 3.15. The van der Waals surface area contributed by atoms with E-state index < -0.39 is 0 Å². The zero-order chi connectivity index (χ0) is 15.8. The Morgan fingerprint density at radius 3 is 2.45 bits per heavy atom. The van der Waals surface area contributed by atoms with Gasteiger partial charge in [-0.15, -0.1) is 0 Å². The summed E-state index contributed by atoms with van der Waals surface area (Å²) >= 11 is 0. The molecule has 0 N–H and O–H groups in total. The van der Waals surface area contributed by atoms with E-state index in [-0.39, 0.29) is 0 Å². The second-order valence-corrected chi connectivity index (χ2v) is 4.60. The van der Waals surface area contributed by atoms with Gasteiger partial charge in [0.2, 0.25) is 0 Å². The molecule has 0 aliphatic carbocycles. The maximum absolute atomic E-state index is 9.22. The van der Waals surface area contributed by atoms with Crippen molar-refractivity contribution < 1.29 is 9.30 Å². The molecule has 0 radical (unpaired) electrons. The zero-order valence-corrected chi connectivity index (χ0v) is 12.7. The third kappa shape index (κ3) is 3.97. The van der Waals surface area contributed by atoms with E-state index in [1.165, 1.54) is 0 Å². The normalized spacial score (nSPS) is 11.2. The lowest BCUT2D eigenvalue weighted by atomic mass is 10.3. The Morgan fingerprint density at radius 2 is 1.86 bits per heavy atom. The molecule has 0 saturated heterocycles. The van der Waals surface area contributed by atoms with Gasteiger partial charge in [0.1, 0.15) is 5.75 Å². The zero-order valence-electron chi connectivity index (χ0n) is 12.7. The van der Waals surface area contributed by atoms with E-state index in [2.05, 4.69) is 6.07 Å². The molecule has 4 heteroatoms. The smallest absolute Gasteiger partial charge is 0.288 e. The highest BCUT2D eigenvalue weighted by Crippen LogP contribution is 2.18. The SMILES string of the molecule is COc1ccc(N(C)/C=C/C=C(\C#N)[n+]2ccccc2)cc1. The van der Waals surface area contributed by atoms with Crippen molar-refractivity contribution >= 4 is 11.4 Å². The summed E-state index contributed by atoms with van der Waals surface area (Å²) in [5.74, 6) is 0.827. The fourth-order valence-electron chi connectivity index (χ4n) is 1.91. The lowest BCUT2D eigenvalue weighted by Crippen LogP contribution is -2.29. The van der Waals surface area contributed by atoms with E-state index in [1.54, 1.807) is 17.8 Å². The Bertz CT molecular complexity index is 697. The summed E-state index contributed by atoms with van der Waals surface area (Å²) < 4.78 is 6.92. The van der Waals surface area contributed by atoms with Crippen LogP contribution in [0.5, 0.6) is 5.75 Å². The highest BCUT2D eigenvalue weighted by Gasteiger charge is 2.05. The van der Waals surface area contributed by atoms with Crippen LogP contribution in [0.25, 0.3) is 5.70 Å². The van der Waals surface area contributed by atoms with E-state index in [9.17, 15) is 5.26 Å². The summed E-state index contributed by atoms with van der Waals surface area (Å²) in [5, 5.41) is 9.22. The number of methoxy groups -OCH3 is 1. The molecule has 0 amide bonds. The Morgan fingerprint density at radius 1 is 1.18 bits per heavy atom. The van der Waals surface area contributed by atoms with E-state index in [1.807, 2.05) is 79.1 Å². The molecule has 2 aromatic rings. The van der Waals surface area contributed by atoms with Crippen LogP contribution in [0, 0.1) is 11.3 Å². The van der Waals surface area contributed by atoms with Crippen LogP contribution in [0.2, 0.25) is 0 Å². The summed E-state index contributed by atoms with van der Waals surface area (Å²) in [4.78, 5) is 1.97. The van der Waals surface area contributed by atoms with E-state index in [4.69, 9.17) is 4.74 Å². The van der Waals surface area contributed by atoms with Crippen molar-refractivity contribution in [3.05, 3.63) is 73.2 Å². The predicted molar refractivity (Wildman–Crippen MR) is 87.1 cm³/mol. The first-order valence-electron chi connectivity index (χ1n) is 6.87. The molecule has 1 heterocycles. The topological polar surface area (TPSA) is 40.1 Å². The first-order chi connectivity index (χ1) is 10.7. The summed E-state index contributed by atoms with van der Waals surface area (Å²) in [6.07, 6.45) is 9.22. The van der Waals surface area contributed by atoms with Gasteiger partial charge < -0.3 is 9.64 Å². The number of aromatic nitrogens is 1. The summed E-state index contributed by atoms with van der Waals surface area (Å²) in [5.41, 5.74) is 1.59. The standard InChI is InChI=1S/C18H18N3O/c1-20(16-8-10-18(22-2)11-9-16)12-6-7-17(15-19)21-13-4-3-5-14-21/h3-14H,1-2H3/q+1/b12-6+,17-7+. The third-order valence-electron chi connectivity index (χ3n) is 3.15. The Hall–Kier alpha value is -3.06. The van der Waals surface area contributed by atoms with Gasteiger partial charge in [-0.3, -0.25) is 0 Å². The minimum Gasteiger partial charge on any atom is -0.497 e. The molecule has 0 unspecified atom stereocenters. The van der Waals surface area contributed by atoms with Crippen molar-refractivity contribution in [3.63, 3.8) is 0 Å². The van der Waals surface area contributed by atoms with Crippen LogP contribution in [0.3, 0.4) is 0 Å². The summed E-state index contributed by atoms with van der Waals surface area (Å²) in [7, 11) is 3.60. The van der Waals surface area contributed by atoms with Crippen molar-refractivity contribution in [2.24, 2.45) is 0 Å². The molecule has 0 spiro atoms. The number of benzene rings is 1. The van der Waals surface area contributed by atoms with E-state index in [0.717, 1.165) is 11.4 Å². The Kier molecular flexibility index (Phi) is 5.33. The van der Waals surface area contributed by atoms with Crippen LogP contribution in [-0.2, 0) is 0 Å². The minimum absolute atomic E-state index is 0.556. The molecule has 2 rings (SSSR count).